The molecule has 3 rings (SSSR count). The van der Waals surface area contributed by atoms with Gasteiger partial charge in [0.15, 0.2) is 5.96 Å². The minimum atomic E-state index is -0.238. The highest BCUT2D eigenvalue weighted by Crippen LogP contribution is 2.10. The molecule has 0 bridgehead atoms. The third kappa shape index (κ3) is 5.42. The Hall–Kier alpha value is -1.64. The second kappa shape index (κ2) is 9.74. The molecule has 1 fully saturated rings. The molecule has 25 heavy (non-hydrogen) atoms. The molecule has 1 saturated heterocycles. The number of rotatable bonds is 5. The molecule has 0 atom stereocenters. The van der Waals surface area contributed by atoms with Gasteiger partial charge in [-0.25, -0.2) is 9.07 Å². The summed E-state index contributed by atoms with van der Waals surface area (Å²) in [6.07, 6.45) is 5.17. The Kier molecular flexibility index (Phi) is 7.67. The van der Waals surface area contributed by atoms with Crippen molar-refractivity contribution in [3.8, 4) is 5.69 Å². The first kappa shape index (κ1) is 19.7. The first-order chi connectivity index (χ1) is 11.8. The summed E-state index contributed by atoms with van der Waals surface area (Å²) in [5.41, 5.74) is 1.84. The van der Waals surface area contributed by atoms with E-state index >= 15 is 0 Å². The first-order valence-corrected chi connectivity index (χ1v) is 8.60. The number of likely N-dealkylation sites (tertiary alicyclic amines) is 1. The summed E-state index contributed by atoms with van der Waals surface area (Å²) in [5.74, 6) is 0.770. The molecule has 0 aliphatic carbocycles. The van der Waals surface area contributed by atoms with Crippen molar-refractivity contribution in [1.82, 2.24) is 20.0 Å². The van der Waals surface area contributed by atoms with E-state index < -0.39 is 0 Å². The van der Waals surface area contributed by atoms with Gasteiger partial charge >= 0.3 is 0 Å². The van der Waals surface area contributed by atoms with Crippen LogP contribution in [-0.2, 0) is 6.42 Å². The predicted molar refractivity (Wildman–Crippen MR) is 109 cm³/mol. The number of hydrogen-bond acceptors (Lipinski definition) is 2. The lowest BCUT2D eigenvalue weighted by atomic mass is 10.3. The lowest BCUT2D eigenvalue weighted by Gasteiger charge is -2.20. The third-order valence-electron chi connectivity index (χ3n) is 4.11. The predicted octanol–water partition coefficient (Wildman–Crippen LogP) is 3.23. The van der Waals surface area contributed by atoms with Gasteiger partial charge in [-0.1, -0.05) is 0 Å². The van der Waals surface area contributed by atoms with Crippen molar-refractivity contribution in [3.63, 3.8) is 0 Å². The van der Waals surface area contributed by atoms with Crippen LogP contribution >= 0.6 is 24.0 Å². The van der Waals surface area contributed by atoms with E-state index in [4.69, 9.17) is 4.99 Å². The summed E-state index contributed by atoms with van der Waals surface area (Å²) in [5, 5.41) is 7.90. The topological polar surface area (TPSA) is 45.5 Å². The maximum absolute atomic E-state index is 13.0. The van der Waals surface area contributed by atoms with Crippen molar-refractivity contribution >= 4 is 29.9 Å². The van der Waals surface area contributed by atoms with Gasteiger partial charge in [-0.2, -0.15) is 5.10 Å². The van der Waals surface area contributed by atoms with Gasteiger partial charge in [-0.3, -0.25) is 4.99 Å². The standard InChI is InChI=1S/C18H24FN5.HI/c1-2-20-18(23-12-3-4-13-23)21-11-9-16-10-14-24(22-16)17-7-5-15(19)6-8-17;/h5-8,10,14H,2-4,9,11-13H2,1H3,(H,20,21);1H. The van der Waals surface area contributed by atoms with Crippen LogP contribution in [0.5, 0.6) is 0 Å². The molecule has 0 radical (unpaired) electrons. The lowest BCUT2D eigenvalue weighted by molar-refractivity contribution is 0.494. The molecule has 5 nitrogen and oxygen atoms in total. The SMILES string of the molecule is CCNC(=NCCc1ccn(-c2ccc(F)cc2)n1)N1CCCC1.I. The number of hydrogen-bond donors (Lipinski definition) is 1. The van der Waals surface area contributed by atoms with Gasteiger partial charge in [0.25, 0.3) is 0 Å². The number of halogens is 2. The summed E-state index contributed by atoms with van der Waals surface area (Å²) in [6, 6.07) is 8.32. The number of guanidine groups is 1. The fraction of sp³-hybridized carbons (Fsp3) is 0.444. The molecular formula is C18H25FIN5. The van der Waals surface area contributed by atoms with Gasteiger partial charge in [-0.15, -0.1) is 24.0 Å². The third-order valence-corrected chi connectivity index (χ3v) is 4.11. The van der Waals surface area contributed by atoms with E-state index in [9.17, 15) is 4.39 Å². The van der Waals surface area contributed by atoms with Crippen LogP contribution in [-0.4, -0.2) is 46.8 Å². The average Bonchev–Trinajstić information content (AvgIpc) is 3.27. The van der Waals surface area contributed by atoms with Gasteiger partial charge in [-0.05, 0) is 50.1 Å². The minimum absolute atomic E-state index is 0. The van der Waals surface area contributed by atoms with Crippen LogP contribution < -0.4 is 5.32 Å². The van der Waals surface area contributed by atoms with Crippen LogP contribution in [0.25, 0.3) is 5.69 Å². The Labute approximate surface area is 165 Å². The highest BCUT2D eigenvalue weighted by molar-refractivity contribution is 14.0. The van der Waals surface area contributed by atoms with E-state index in [1.165, 1.54) is 25.0 Å². The average molecular weight is 457 g/mol. The fourth-order valence-corrected chi connectivity index (χ4v) is 2.86. The van der Waals surface area contributed by atoms with Crippen molar-refractivity contribution in [2.24, 2.45) is 4.99 Å². The number of aromatic nitrogens is 2. The van der Waals surface area contributed by atoms with Gasteiger partial charge < -0.3 is 10.2 Å². The van der Waals surface area contributed by atoms with Crippen LogP contribution in [0.2, 0.25) is 0 Å². The second-order valence-corrected chi connectivity index (χ2v) is 5.91. The molecule has 2 aromatic rings. The molecule has 7 heteroatoms. The molecule has 1 aliphatic rings. The van der Waals surface area contributed by atoms with E-state index in [1.807, 2.05) is 12.3 Å². The monoisotopic (exact) mass is 457 g/mol. The zero-order valence-electron chi connectivity index (χ0n) is 14.5. The smallest absolute Gasteiger partial charge is 0.193 e. The Morgan fingerprint density at radius 3 is 2.60 bits per heavy atom. The minimum Gasteiger partial charge on any atom is -0.357 e. The summed E-state index contributed by atoms with van der Waals surface area (Å²) >= 11 is 0. The zero-order valence-corrected chi connectivity index (χ0v) is 16.8. The quantitative estimate of drug-likeness (QED) is 0.426. The van der Waals surface area contributed by atoms with Crippen LogP contribution in [0.3, 0.4) is 0 Å². The molecule has 1 aromatic carbocycles. The fourth-order valence-electron chi connectivity index (χ4n) is 2.86. The largest absolute Gasteiger partial charge is 0.357 e. The first-order valence-electron chi connectivity index (χ1n) is 8.60. The molecule has 0 saturated carbocycles. The lowest BCUT2D eigenvalue weighted by Crippen LogP contribution is -2.39. The van der Waals surface area contributed by atoms with Gasteiger partial charge in [0.05, 0.1) is 11.4 Å². The maximum Gasteiger partial charge on any atom is 0.193 e. The van der Waals surface area contributed by atoms with Crippen LogP contribution in [0.4, 0.5) is 4.39 Å². The molecule has 0 amide bonds. The number of aliphatic imine (C=N–C) groups is 1. The molecule has 1 N–H and O–H groups in total. The van der Waals surface area contributed by atoms with Crippen LogP contribution in [0.1, 0.15) is 25.5 Å². The second-order valence-electron chi connectivity index (χ2n) is 5.91. The van der Waals surface area contributed by atoms with Gasteiger partial charge in [0, 0.05) is 38.8 Å². The molecule has 136 valence electrons. The molecule has 1 aromatic heterocycles. The summed E-state index contributed by atoms with van der Waals surface area (Å²) in [6.45, 7) is 5.86. The highest BCUT2D eigenvalue weighted by atomic mass is 127. The molecule has 0 unspecified atom stereocenters. The van der Waals surface area contributed by atoms with Gasteiger partial charge in [0.1, 0.15) is 5.82 Å². The van der Waals surface area contributed by atoms with Gasteiger partial charge in [0.2, 0.25) is 0 Å². The maximum atomic E-state index is 13.0. The van der Waals surface area contributed by atoms with Crippen molar-refractivity contribution in [2.75, 3.05) is 26.2 Å². The van der Waals surface area contributed by atoms with Crippen molar-refractivity contribution in [1.29, 1.82) is 0 Å². The number of nitrogens with zero attached hydrogens (tertiary/aromatic N) is 4. The Morgan fingerprint density at radius 1 is 1.20 bits per heavy atom. The Morgan fingerprint density at radius 2 is 1.92 bits per heavy atom. The van der Waals surface area contributed by atoms with Crippen LogP contribution in [0.15, 0.2) is 41.5 Å². The summed E-state index contributed by atoms with van der Waals surface area (Å²) < 4.78 is 14.8. The molecule has 1 aliphatic heterocycles. The number of benzene rings is 1. The molecule has 2 heterocycles. The van der Waals surface area contributed by atoms with E-state index in [0.717, 1.165) is 43.4 Å². The summed E-state index contributed by atoms with van der Waals surface area (Å²) in [7, 11) is 0. The van der Waals surface area contributed by atoms with E-state index in [1.54, 1.807) is 16.8 Å². The van der Waals surface area contributed by atoms with Crippen molar-refractivity contribution < 1.29 is 4.39 Å². The Bertz CT molecular complexity index is 677. The highest BCUT2D eigenvalue weighted by Gasteiger charge is 2.15. The van der Waals surface area contributed by atoms with Crippen molar-refractivity contribution in [2.45, 2.75) is 26.2 Å². The molecule has 0 spiro atoms. The van der Waals surface area contributed by atoms with Crippen molar-refractivity contribution in [3.05, 3.63) is 48.0 Å². The normalized spacial score (nSPS) is 14.5. The van der Waals surface area contributed by atoms with E-state index in [-0.39, 0.29) is 29.8 Å². The van der Waals surface area contributed by atoms with E-state index in [0.29, 0.717) is 6.54 Å². The van der Waals surface area contributed by atoms with E-state index in [2.05, 4.69) is 22.2 Å². The van der Waals surface area contributed by atoms with Crippen LogP contribution in [0, 0.1) is 5.82 Å². The Balaban J connectivity index is 0.00000225. The molecular weight excluding hydrogens is 432 g/mol. The number of nitrogens with one attached hydrogen (secondary N) is 1. The summed E-state index contributed by atoms with van der Waals surface area (Å²) in [4.78, 5) is 7.04. The zero-order chi connectivity index (χ0) is 16.8.